The van der Waals surface area contributed by atoms with Gasteiger partial charge in [-0.25, -0.2) is 4.39 Å². The third-order valence-electron chi connectivity index (χ3n) is 5.33. The number of amides is 1. The van der Waals surface area contributed by atoms with Crippen LogP contribution in [0.25, 0.3) is 10.9 Å². The van der Waals surface area contributed by atoms with E-state index in [1.165, 1.54) is 18.6 Å². The molecule has 0 atom stereocenters. The minimum absolute atomic E-state index is 0.181. The number of carbonyl (C=O) groups excluding carboxylic acids is 1. The van der Waals surface area contributed by atoms with Crippen molar-refractivity contribution >= 4 is 22.8 Å². The van der Waals surface area contributed by atoms with Gasteiger partial charge in [-0.15, -0.1) is 0 Å². The van der Waals surface area contributed by atoms with E-state index in [0.29, 0.717) is 25.6 Å². The molecule has 1 fully saturated rings. The number of nitrogens with one attached hydrogen (secondary N) is 4. The number of hydrogen-bond donors (Lipinski definition) is 4. The average molecular weight is 388 g/mol. The lowest BCUT2D eigenvalue weighted by atomic mass is 9.89. The maximum absolute atomic E-state index is 13.3. The third kappa shape index (κ3) is 5.47. The Balaban J connectivity index is 1.35. The van der Waals surface area contributed by atoms with Crippen LogP contribution >= 0.6 is 0 Å². The van der Waals surface area contributed by atoms with Gasteiger partial charge in [0.1, 0.15) is 5.82 Å². The summed E-state index contributed by atoms with van der Waals surface area (Å²) in [5.74, 6) is 0.841. The fourth-order valence-electron chi connectivity index (χ4n) is 3.78. The molecule has 1 aliphatic rings. The number of halogens is 1. The largest absolute Gasteiger partial charge is 0.361 e. The van der Waals surface area contributed by atoms with Gasteiger partial charge in [0.25, 0.3) is 0 Å². The first-order valence-electron chi connectivity index (χ1n) is 10.1. The molecule has 152 valence electrons. The van der Waals surface area contributed by atoms with Crippen molar-refractivity contribution in [3.8, 4) is 0 Å². The van der Waals surface area contributed by atoms with Crippen molar-refractivity contribution in [1.82, 2.24) is 20.9 Å². The highest BCUT2D eigenvalue weighted by Gasteiger charge is 2.20. The summed E-state index contributed by atoms with van der Waals surface area (Å²) in [6.45, 7) is 1.92. The van der Waals surface area contributed by atoms with Crippen LogP contribution < -0.4 is 16.0 Å². The van der Waals surface area contributed by atoms with Crippen LogP contribution in [0.1, 0.15) is 37.7 Å². The molecule has 2 aromatic rings. The van der Waals surface area contributed by atoms with E-state index in [2.05, 4.69) is 25.9 Å². The van der Waals surface area contributed by atoms with Crippen LogP contribution in [0, 0.1) is 11.7 Å². The maximum atomic E-state index is 13.3. The predicted octanol–water partition coefficient (Wildman–Crippen LogP) is 2.71. The van der Waals surface area contributed by atoms with E-state index in [-0.39, 0.29) is 17.6 Å². The van der Waals surface area contributed by atoms with Crippen molar-refractivity contribution in [2.75, 3.05) is 26.7 Å². The van der Waals surface area contributed by atoms with Gasteiger partial charge in [0, 0.05) is 49.7 Å². The predicted molar refractivity (Wildman–Crippen MR) is 111 cm³/mol. The molecule has 0 radical (unpaired) electrons. The van der Waals surface area contributed by atoms with Gasteiger partial charge in [0.2, 0.25) is 5.91 Å². The molecular weight excluding hydrogens is 357 g/mol. The van der Waals surface area contributed by atoms with Crippen molar-refractivity contribution in [2.24, 2.45) is 10.9 Å². The van der Waals surface area contributed by atoms with Gasteiger partial charge in [0.05, 0.1) is 0 Å². The van der Waals surface area contributed by atoms with Crippen molar-refractivity contribution in [3.05, 3.63) is 35.8 Å². The van der Waals surface area contributed by atoms with E-state index in [0.717, 1.165) is 48.6 Å². The van der Waals surface area contributed by atoms with Crippen LogP contribution in [0.15, 0.2) is 29.4 Å². The van der Waals surface area contributed by atoms with Gasteiger partial charge < -0.3 is 20.9 Å². The molecule has 7 heteroatoms. The lowest BCUT2D eigenvalue weighted by Gasteiger charge is -2.21. The van der Waals surface area contributed by atoms with Crippen molar-refractivity contribution < 1.29 is 9.18 Å². The molecule has 0 saturated heterocycles. The number of aromatic nitrogens is 1. The summed E-state index contributed by atoms with van der Waals surface area (Å²) >= 11 is 0. The Hall–Kier alpha value is -2.57. The van der Waals surface area contributed by atoms with Crippen LogP contribution in [0.4, 0.5) is 4.39 Å². The highest BCUT2D eigenvalue weighted by atomic mass is 19.1. The average Bonchev–Trinajstić information content (AvgIpc) is 3.12. The Morgan fingerprint density at radius 2 is 1.89 bits per heavy atom. The highest BCUT2D eigenvalue weighted by molar-refractivity contribution is 5.83. The Bertz CT molecular complexity index is 810. The lowest BCUT2D eigenvalue weighted by Crippen LogP contribution is -2.43. The number of rotatable bonds is 7. The first kappa shape index (κ1) is 20.2. The topological polar surface area (TPSA) is 81.3 Å². The van der Waals surface area contributed by atoms with E-state index in [1.54, 1.807) is 13.1 Å². The van der Waals surface area contributed by atoms with E-state index >= 15 is 0 Å². The summed E-state index contributed by atoms with van der Waals surface area (Å²) < 4.78 is 13.3. The molecule has 1 aromatic heterocycles. The van der Waals surface area contributed by atoms with Gasteiger partial charge in [-0.2, -0.15) is 0 Å². The first-order valence-corrected chi connectivity index (χ1v) is 10.1. The summed E-state index contributed by atoms with van der Waals surface area (Å²) in [6.07, 6.45) is 8.33. The molecule has 1 aliphatic carbocycles. The molecule has 0 bridgehead atoms. The molecule has 0 unspecified atom stereocenters. The fraction of sp³-hybridized carbons (Fsp3) is 0.524. The zero-order valence-corrected chi connectivity index (χ0v) is 16.5. The number of nitrogens with zero attached hydrogens (tertiary/aromatic N) is 1. The maximum Gasteiger partial charge on any atom is 0.223 e. The van der Waals surface area contributed by atoms with Crippen molar-refractivity contribution in [1.29, 1.82) is 0 Å². The van der Waals surface area contributed by atoms with E-state index in [1.807, 2.05) is 6.20 Å². The molecule has 1 aromatic carbocycles. The first-order chi connectivity index (χ1) is 13.7. The Morgan fingerprint density at radius 1 is 1.14 bits per heavy atom. The zero-order chi connectivity index (χ0) is 19.8. The minimum Gasteiger partial charge on any atom is -0.361 e. The van der Waals surface area contributed by atoms with E-state index in [4.69, 9.17) is 0 Å². The lowest BCUT2D eigenvalue weighted by molar-refractivity contribution is -0.125. The third-order valence-corrected chi connectivity index (χ3v) is 5.33. The zero-order valence-electron chi connectivity index (χ0n) is 16.5. The molecule has 4 N–H and O–H groups in total. The van der Waals surface area contributed by atoms with Crippen LogP contribution in [0.5, 0.6) is 0 Å². The molecule has 0 spiro atoms. The number of aliphatic imine (C=N–C) groups is 1. The summed E-state index contributed by atoms with van der Waals surface area (Å²) in [5, 5.41) is 10.5. The quantitative estimate of drug-likeness (QED) is 0.335. The fourth-order valence-corrected chi connectivity index (χ4v) is 3.78. The van der Waals surface area contributed by atoms with Crippen LogP contribution in [-0.4, -0.2) is 43.5 Å². The Kier molecular flexibility index (Phi) is 7.28. The highest BCUT2D eigenvalue weighted by Crippen LogP contribution is 2.23. The van der Waals surface area contributed by atoms with Crippen molar-refractivity contribution in [3.63, 3.8) is 0 Å². The molecule has 1 saturated carbocycles. The van der Waals surface area contributed by atoms with E-state index < -0.39 is 0 Å². The second kappa shape index (κ2) is 10.1. The minimum atomic E-state index is -0.237. The normalized spacial score (nSPS) is 15.6. The molecule has 28 heavy (non-hydrogen) atoms. The summed E-state index contributed by atoms with van der Waals surface area (Å²) in [4.78, 5) is 19.5. The second-order valence-electron chi connectivity index (χ2n) is 7.31. The van der Waals surface area contributed by atoms with Gasteiger partial charge >= 0.3 is 0 Å². The number of hydrogen-bond acceptors (Lipinski definition) is 2. The second-order valence-corrected chi connectivity index (χ2v) is 7.31. The molecular formula is C21H30FN5O. The molecule has 1 amide bonds. The number of guanidine groups is 1. The smallest absolute Gasteiger partial charge is 0.223 e. The summed E-state index contributed by atoms with van der Waals surface area (Å²) in [7, 11) is 1.73. The van der Waals surface area contributed by atoms with Crippen LogP contribution in [0.3, 0.4) is 0 Å². The monoisotopic (exact) mass is 387 g/mol. The van der Waals surface area contributed by atoms with Crippen LogP contribution in [-0.2, 0) is 11.2 Å². The number of fused-ring (bicyclic) bond motifs is 1. The SMILES string of the molecule is CN=C(NCCNC(=O)C1CCCCC1)NCCc1c[nH]c2cc(F)ccc12. The Morgan fingerprint density at radius 3 is 2.68 bits per heavy atom. The molecule has 0 aliphatic heterocycles. The van der Waals surface area contributed by atoms with E-state index in [9.17, 15) is 9.18 Å². The molecule has 6 nitrogen and oxygen atoms in total. The Labute approximate surface area is 165 Å². The molecule has 1 heterocycles. The van der Waals surface area contributed by atoms with Gasteiger partial charge in [0.15, 0.2) is 5.96 Å². The number of benzene rings is 1. The van der Waals surface area contributed by atoms with Gasteiger partial charge in [-0.1, -0.05) is 19.3 Å². The van der Waals surface area contributed by atoms with Crippen molar-refractivity contribution in [2.45, 2.75) is 38.5 Å². The summed E-state index contributed by atoms with van der Waals surface area (Å²) in [6, 6.07) is 4.79. The standard InChI is InChI=1S/C21H30FN5O/c1-23-21(26-12-11-24-20(28)15-5-3-2-4-6-15)25-10-9-16-14-27-19-13-17(22)7-8-18(16)19/h7-8,13-15,27H,2-6,9-12H2,1H3,(H,24,28)(H2,23,25,26). The number of carbonyl (C=O) groups is 1. The van der Waals surface area contributed by atoms with Gasteiger partial charge in [-0.3, -0.25) is 9.79 Å². The summed E-state index contributed by atoms with van der Waals surface area (Å²) in [5.41, 5.74) is 1.95. The molecule has 3 rings (SSSR count). The number of H-pyrrole nitrogens is 1. The number of aromatic amines is 1. The van der Waals surface area contributed by atoms with Crippen LogP contribution in [0.2, 0.25) is 0 Å². The van der Waals surface area contributed by atoms with Gasteiger partial charge in [-0.05, 0) is 43.0 Å².